The van der Waals surface area contributed by atoms with Crippen molar-refractivity contribution in [1.29, 1.82) is 0 Å². The fraction of sp³-hybridized carbons (Fsp3) is 0.174. The molecule has 0 aliphatic carbocycles. The van der Waals surface area contributed by atoms with Crippen LogP contribution in [0.3, 0.4) is 0 Å². The van der Waals surface area contributed by atoms with Gasteiger partial charge in [-0.1, -0.05) is 29.8 Å². The number of para-hydroxylation sites is 1. The summed E-state index contributed by atoms with van der Waals surface area (Å²) < 4.78 is 40.2. The largest absolute Gasteiger partial charge is 0.385 e. The quantitative estimate of drug-likeness (QED) is 0.445. The van der Waals surface area contributed by atoms with Gasteiger partial charge in [0.15, 0.2) is 0 Å². The molecule has 0 aliphatic rings. The molecule has 0 saturated carbocycles. The number of sulfonamides is 1. The highest BCUT2D eigenvalue weighted by molar-refractivity contribution is 7.92. The minimum atomic E-state index is -3.98. The van der Waals surface area contributed by atoms with Crippen molar-refractivity contribution < 1.29 is 17.6 Å². The van der Waals surface area contributed by atoms with Crippen LogP contribution in [0.5, 0.6) is 0 Å². The zero-order chi connectivity index (χ0) is 23.1. The Labute approximate surface area is 192 Å². The molecular weight excluding hydrogens is 453 g/mol. The van der Waals surface area contributed by atoms with Crippen molar-refractivity contribution >= 4 is 38.9 Å². The van der Waals surface area contributed by atoms with Gasteiger partial charge >= 0.3 is 0 Å². The molecule has 0 atom stereocenters. The summed E-state index contributed by atoms with van der Waals surface area (Å²) in [6, 6.07) is 18.7. The molecule has 0 spiro atoms. The molecule has 6 nitrogen and oxygen atoms in total. The monoisotopic (exact) mass is 475 g/mol. The fourth-order valence-corrected chi connectivity index (χ4v) is 4.39. The molecule has 3 aromatic carbocycles. The van der Waals surface area contributed by atoms with Crippen molar-refractivity contribution in [1.82, 2.24) is 5.32 Å². The first-order chi connectivity index (χ1) is 15.3. The van der Waals surface area contributed by atoms with E-state index in [2.05, 4.69) is 10.6 Å². The SMILES string of the molecule is CN(c1ccc(F)cc1)S(=O)(=O)c1ccc(Cl)c(C(=O)NCCCNc2ccccc2)c1. The number of anilines is 2. The van der Waals surface area contributed by atoms with Gasteiger partial charge in [0, 0.05) is 25.8 Å². The van der Waals surface area contributed by atoms with Crippen molar-refractivity contribution in [3.63, 3.8) is 0 Å². The van der Waals surface area contributed by atoms with Crippen LogP contribution in [0, 0.1) is 5.82 Å². The highest BCUT2D eigenvalue weighted by atomic mass is 35.5. The van der Waals surface area contributed by atoms with Crippen molar-refractivity contribution in [3.8, 4) is 0 Å². The van der Waals surface area contributed by atoms with Crippen LogP contribution in [0.25, 0.3) is 0 Å². The molecule has 1 amide bonds. The first-order valence-corrected chi connectivity index (χ1v) is 11.7. The average Bonchev–Trinajstić information content (AvgIpc) is 2.79. The molecule has 3 rings (SSSR count). The Kier molecular flexibility index (Phi) is 7.71. The van der Waals surface area contributed by atoms with E-state index in [1.54, 1.807) is 0 Å². The van der Waals surface area contributed by atoms with Crippen LogP contribution in [0.4, 0.5) is 15.8 Å². The lowest BCUT2D eigenvalue weighted by Gasteiger charge is -2.20. The van der Waals surface area contributed by atoms with Crippen LogP contribution >= 0.6 is 11.6 Å². The number of nitrogens with one attached hydrogen (secondary N) is 2. The summed E-state index contributed by atoms with van der Waals surface area (Å²) in [5.74, 6) is -0.930. The maximum atomic E-state index is 13.2. The van der Waals surface area contributed by atoms with E-state index in [9.17, 15) is 17.6 Å². The molecule has 0 aliphatic heterocycles. The van der Waals surface area contributed by atoms with Crippen molar-refractivity contribution in [2.75, 3.05) is 29.8 Å². The highest BCUT2D eigenvalue weighted by Gasteiger charge is 2.23. The second kappa shape index (κ2) is 10.5. The lowest BCUT2D eigenvalue weighted by atomic mass is 10.2. The van der Waals surface area contributed by atoms with Crippen LogP contribution in [0.1, 0.15) is 16.8 Å². The zero-order valence-corrected chi connectivity index (χ0v) is 19.0. The number of carbonyl (C=O) groups excluding carboxylic acids is 1. The molecular formula is C23H23ClFN3O3S. The number of amides is 1. The molecule has 0 saturated heterocycles. The third kappa shape index (κ3) is 5.77. The lowest BCUT2D eigenvalue weighted by molar-refractivity contribution is 0.0953. The van der Waals surface area contributed by atoms with Crippen molar-refractivity contribution in [2.45, 2.75) is 11.3 Å². The molecule has 9 heteroatoms. The summed E-state index contributed by atoms with van der Waals surface area (Å²) in [6.45, 7) is 1.05. The fourth-order valence-electron chi connectivity index (χ4n) is 2.96. The number of nitrogens with zero attached hydrogens (tertiary/aromatic N) is 1. The summed E-state index contributed by atoms with van der Waals surface area (Å²) in [6.07, 6.45) is 0.670. The van der Waals surface area contributed by atoms with E-state index in [4.69, 9.17) is 11.6 Å². The number of halogens is 2. The second-order valence-electron chi connectivity index (χ2n) is 6.99. The standard InChI is InChI=1S/C23H23ClFN3O3S/c1-28(19-10-8-17(25)9-11-19)32(30,31)20-12-13-22(24)21(16-20)23(29)27-15-5-14-26-18-6-3-2-4-7-18/h2-4,6-13,16,26H,5,14-15H2,1H3,(H,27,29). The third-order valence-electron chi connectivity index (χ3n) is 4.77. The van der Waals surface area contributed by atoms with Crippen LogP contribution in [0.15, 0.2) is 77.7 Å². The van der Waals surface area contributed by atoms with E-state index in [0.717, 1.165) is 9.99 Å². The van der Waals surface area contributed by atoms with Gasteiger partial charge in [0.25, 0.3) is 15.9 Å². The number of hydrogen-bond acceptors (Lipinski definition) is 4. The van der Waals surface area contributed by atoms with Gasteiger partial charge in [-0.05, 0) is 61.0 Å². The summed E-state index contributed by atoms with van der Waals surface area (Å²) in [4.78, 5) is 12.5. The van der Waals surface area contributed by atoms with Crippen LogP contribution in [-0.4, -0.2) is 34.5 Å². The van der Waals surface area contributed by atoms with E-state index in [0.29, 0.717) is 25.2 Å². The van der Waals surface area contributed by atoms with E-state index in [1.165, 1.54) is 49.5 Å². The molecule has 0 unspecified atom stereocenters. The smallest absolute Gasteiger partial charge is 0.264 e. The predicted molar refractivity (Wildman–Crippen MR) is 125 cm³/mol. The van der Waals surface area contributed by atoms with Gasteiger partial charge in [-0.25, -0.2) is 12.8 Å². The first-order valence-electron chi connectivity index (χ1n) is 9.90. The Bertz CT molecular complexity index is 1170. The van der Waals surface area contributed by atoms with Crippen molar-refractivity contribution in [3.05, 3.63) is 89.2 Å². The van der Waals surface area contributed by atoms with E-state index < -0.39 is 21.7 Å². The number of benzene rings is 3. The van der Waals surface area contributed by atoms with Gasteiger partial charge in [0.2, 0.25) is 0 Å². The third-order valence-corrected chi connectivity index (χ3v) is 6.88. The van der Waals surface area contributed by atoms with E-state index in [-0.39, 0.29) is 15.5 Å². The maximum Gasteiger partial charge on any atom is 0.264 e. The highest BCUT2D eigenvalue weighted by Crippen LogP contribution is 2.26. The minimum Gasteiger partial charge on any atom is -0.385 e. The summed E-state index contributed by atoms with van der Waals surface area (Å²) >= 11 is 6.15. The zero-order valence-electron chi connectivity index (χ0n) is 17.4. The summed E-state index contributed by atoms with van der Waals surface area (Å²) in [5, 5.41) is 6.15. The first kappa shape index (κ1) is 23.6. The molecule has 2 N–H and O–H groups in total. The Morgan fingerprint density at radius 1 is 1.00 bits per heavy atom. The Balaban J connectivity index is 1.65. The minimum absolute atomic E-state index is 0.0660. The topological polar surface area (TPSA) is 78.5 Å². The molecule has 0 fully saturated rings. The molecule has 168 valence electrons. The van der Waals surface area contributed by atoms with Gasteiger partial charge < -0.3 is 10.6 Å². The normalized spacial score (nSPS) is 11.1. The van der Waals surface area contributed by atoms with Crippen LogP contribution in [0.2, 0.25) is 5.02 Å². The van der Waals surface area contributed by atoms with Gasteiger partial charge in [-0.2, -0.15) is 0 Å². The number of carbonyl (C=O) groups is 1. The predicted octanol–water partition coefficient (Wildman–Crippen LogP) is 4.54. The molecule has 0 radical (unpaired) electrons. The molecule has 0 heterocycles. The van der Waals surface area contributed by atoms with Gasteiger partial charge in [-0.15, -0.1) is 0 Å². The average molecular weight is 476 g/mol. The summed E-state index contributed by atoms with van der Waals surface area (Å²) in [7, 11) is -2.62. The van der Waals surface area contributed by atoms with E-state index >= 15 is 0 Å². The molecule has 32 heavy (non-hydrogen) atoms. The molecule has 0 bridgehead atoms. The van der Waals surface area contributed by atoms with Gasteiger partial charge in [0.05, 0.1) is 21.2 Å². The van der Waals surface area contributed by atoms with Gasteiger partial charge in [-0.3, -0.25) is 9.10 Å². The maximum absolute atomic E-state index is 13.2. The van der Waals surface area contributed by atoms with Crippen LogP contribution < -0.4 is 14.9 Å². The molecule has 0 aromatic heterocycles. The second-order valence-corrected chi connectivity index (χ2v) is 9.37. The van der Waals surface area contributed by atoms with Gasteiger partial charge in [0.1, 0.15) is 5.82 Å². The number of hydrogen-bond donors (Lipinski definition) is 2. The van der Waals surface area contributed by atoms with Crippen molar-refractivity contribution in [2.24, 2.45) is 0 Å². The Hall–Kier alpha value is -3.10. The van der Waals surface area contributed by atoms with E-state index in [1.807, 2.05) is 30.3 Å². The molecule has 3 aromatic rings. The number of rotatable bonds is 9. The van der Waals surface area contributed by atoms with Crippen LogP contribution in [-0.2, 0) is 10.0 Å². The Morgan fingerprint density at radius 2 is 1.69 bits per heavy atom. The summed E-state index contributed by atoms with van der Waals surface area (Å²) in [5.41, 5.74) is 1.35. The Morgan fingerprint density at radius 3 is 2.38 bits per heavy atom. The lowest BCUT2D eigenvalue weighted by Crippen LogP contribution is -2.28.